The molecular formula is C26H36N4O4. The van der Waals surface area contributed by atoms with Gasteiger partial charge in [0.15, 0.2) is 12.6 Å². The van der Waals surface area contributed by atoms with Crippen molar-refractivity contribution in [2.24, 2.45) is 16.5 Å². The third kappa shape index (κ3) is 6.12. The number of rotatable bonds is 9. The Kier molecular flexibility index (Phi) is 7.91. The number of hydrogen-bond acceptors (Lipinski definition) is 5. The van der Waals surface area contributed by atoms with Gasteiger partial charge in [-0.05, 0) is 101 Å². The van der Waals surface area contributed by atoms with Crippen LogP contribution in [0.4, 0.5) is 5.69 Å². The van der Waals surface area contributed by atoms with E-state index in [9.17, 15) is 9.90 Å². The maximum absolute atomic E-state index is 12.1. The molecule has 1 heterocycles. The fourth-order valence-corrected chi connectivity index (χ4v) is 4.29. The van der Waals surface area contributed by atoms with Crippen molar-refractivity contribution >= 4 is 17.6 Å². The van der Waals surface area contributed by atoms with Crippen molar-refractivity contribution in [3.8, 4) is 17.2 Å². The predicted octanol–water partition coefficient (Wildman–Crippen LogP) is 3.67. The van der Waals surface area contributed by atoms with E-state index in [0.29, 0.717) is 23.7 Å². The Morgan fingerprint density at radius 3 is 2.53 bits per heavy atom. The first-order chi connectivity index (χ1) is 16.1. The SMILES string of the molecule is Cc1c(C)c2c(c(C)c1O)CCC(C)(CCCCNC(=O)COc1ccc(N=C(N)N)cc1)O2. The summed E-state index contributed by atoms with van der Waals surface area (Å²) in [7, 11) is 0. The Hall–Kier alpha value is -3.42. The Bertz CT molecular complexity index is 1060. The van der Waals surface area contributed by atoms with Crippen LogP contribution in [0.2, 0.25) is 0 Å². The van der Waals surface area contributed by atoms with Gasteiger partial charge < -0.3 is 31.4 Å². The van der Waals surface area contributed by atoms with Gasteiger partial charge in [0, 0.05) is 12.1 Å². The highest BCUT2D eigenvalue weighted by atomic mass is 16.5. The normalized spacial score (nSPS) is 16.8. The monoisotopic (exact) mass is 468 g/mol. The predicted molar refractivity (Wildman–Crippen MR) is 134 cm³/mol. The molecule has 1 unspecified atom stereocenters. The van der Waals surface area contributed by atoms with Crippen molar-refractivity contribution in [2.75, 3.05) is 13.2 Å². The molecule has 2 aromatic carbocycles. The molecule has 6 N–H and O–H groups in total. The molecule has 2 aromatic rings. The summed E-state index contributed by atoms with van der Waals surface area (Å²) >= 11 is 0. The highest BCUT2D eigenvalue weighted by molar-refractivity contribution is 5.79. The zero-order chi connectivity index (χ0) is 24.9. The van der Waals surface area contributed by atoms with Crippen molar-refractivity contribution in [3.63, 3.8) is 0 Å². The largest absolute Gasteiger partial charge is 0.507 e. The number of unbranched alkanes of at least 4 members (excludes halogenated alkanes) is 1. The second kappa shape index (κ2) is 10.7. The van der Waals surface area contributed by atoms with Crippen LogP contribution in [0.15, 0.2) is 29.3 Å². The molecule has 0 saturated heterocycles. The first-order valence-corrected chi connectivity index (χ1v) is 11.7. The summed E-state index contributed by atoms with van der Waals surface area (Å²) in [6.45, 7) is 8.59. The van der Waals surface area contributed by atoms with Gasteiger partial charge >= 0.3 is 0 Å². The second-order valence-electron chi connectivity index (χ2n) is 9.21. The van der Waals surface area contributed by atoms with E-state index in [-0.39, 0.29) is 24.1 Å². The van der Waals surface area contributed by atoms with Crippen LogP contribution < -0.4 is 26.3 Å². The summed E-state index contributed by atoms with van der Waals surface area (Å²) in [6, 6.07) is 6.85. The first-order valence-electron chi connectivity index (χ1n) is 11.7. The quantitative estimate of drug-likeness (QED) is 0.252. The zero-order valence-corrected chi connectivity index (χ0v) is 20.5. The summed E-state index contributed by atoms with van der Waals surface area (Å²) in [5.74, 6) is 1.71. The summed E-state index contributed by atoms with van der Waals surface area (Å²) < 4.78 is 12.0. The molecule has 0 bridgehead atoms. The number of aliphatic imine (C=N–C) groups is 1. The van der Waals surface area contributed by atoms with Crippen molar-refractivity contribution in [3.05, 3.63) is 46.5 Å². The average Bonchev–Trinajstić information content (AvgIpc) is 2.80. The number of amides is 1. The van der Waals surface area contributed by atoms with E-state index in [1.165, 1.54) is 0 Å². The molecule has 0 radical (unpaired) electrons. The summed E-state index contributed by atoms with van der Waals surface area (Å²) in [5, 5.41) is 13.2. The van der Waals surface area contributed by atoms with Gasteiger partial charge in [-0.1, -0.05) is 0 Å². The topological polar surface area (TPSA) is 132 Å². The molecule has 0 aromatic heterocycles. The fraction of sp³-hybridized carbons (Fsp3) is 0.462. The number of nitrogens with one attached hydrogen (secondary N) is 1. The van der Waals surface area contributed by atoms with E-state index >= 15 is 0 Å². The molecule has 1 atom stereocenters. The van der Waals surface area contributed by atoms with Crippen molar-refractivity contribution in [1.29, 1.82) is 0 Å². The summed E-state index contributed by atoms with van der Waals surface area (Å²) in [6.07, 6.45) is 4.50. The number of guanidine groups is 1. The van der Waals surface area contributed by atoms with Crippen molar-refractivity contribution < 1.29 is 19.4 Å². The Morgan fingerprint density at radius 2 is 1.85 bits per heavy atom. The number of phenolic OH excluding ortho intramolecular Hbond substituents is 1. The van der Waals surface area contributed by atoms with Gasteiger partial charge in [-0.2, -0.15) is 0 Å². The van der Waals surface area contributed by atoms with Crippen LogP contribution in [0, 0.1) is 20.8 Å². The molecule has 1 amide bonds. The van der Waals surface area contributed by atoms with E-state index < -0.39 is 0 Å². The fourth-order valence-electron chi connectivity index (χ4n) is 4.29. The van der Waals surface area contributed by atoms with Crippen LogP contribution in [-0.2, 0) is 11.2 Å². The highest BCUT2D eigenvalue weighted by Gasteiger charge is 2.34. The first kappa shape index (κ1) is 25.2. The molecule has 34 heavy (non-hydrogen) atoms. The number of carbonyl (C=O) groups excluding carboxylic acids is 1. The maximum Gasteiger partial charge on any atom is 0.257 e. The zero-order valence-electron chi connectivity index (χ0n) is 20.5. The molecule has 8 heteroatoms. The van der Waals surface area contributed by atoms with Crippen LogP contribution in [0.1, 0.15) is 54.9 Å². The molecule has 0 fully saturated rings. The number of nitrogens with zero attached hydrogens (tertiary/aromatic N) is 1. The van der Waals surface area contributed by atoms with Gasteiger partial charge in [0.2, 0.25) is 0 Å². The van der Waals surface area contributed by atoms with Gasteiger partial charge in [0.25, 0.3) is 5.91 Å². The summed E-state index contributed by atoms with van der Waals surface area (Å²) in [4.78, 5) is 16.0. The van der Waals surface area contributed by atoms with Crippen LogP contribution in [0.25, 0.3) is 0 Å². The van der Waals surface area contributed by atoms with Crippen molar-refractivity contribution in [1.82, 2.24) is 5.32 Å². The van der Waals surface area contributed by atoms with Crippen LogP contribution in [0.5, 0.6) is 17.2 Å². The lowest BCUT2D eigenvalue weighted by Crippen LogP contribution is -2.37. The van der Waals surface area contributed by atoms with Gasteiger partial charge in [-0.15, -0.1) is 0 Å². The molecule has 3 rings (SSSR count). The number of aromatic hydroxyl groups is 1. The Balaban J connectivity index is 1.39. The average molecular weight is 469 g/mol. The minimum Gasteiger partial charge on any atom is -0.507 e. The van der Waals surface area contributed by atoms with Crippen LogP contribution >= 0.6 is 0 Å². The highest BCUT2D eigenvalue weighted by Crippen LogP contribution is 2.44. The molecule has 1 aliphatic rings. The molecule has 0 spiro atoms. The van der Waals surface area contributed by atoms with Crippen LogP contribution in [-0.4, -0.2) is 35.7 Å². The van der Waals surface area contributed by atoms with E-state index in [2.05, 4.69) is 17.2 Å². The lowest BCUT2D eigenvalue weighted by Gasteiger charge is -2.38. The number of hydrogen-bond donors (Lipinski definition) is 4. The number of nitrogens with two attached hydrogens (primary N) is 2. The Morgan fingerprint density at radius 1 is 1.15 bits per heavy atom. The second-order valence-corrected chi connectivity index (χ2v) is 9.21. The van der Waals surface area contributed by atoms with Crippen molar-refractivity contribution in [2.45, 2.75) is 65.4 Å². The van der Waals surface area contributed by atoms with E-state index in [1.54, 1.807) is 24.3 Å². The molecule has 0 aliphatic carbocycles. The number of phenols is 1. The van der Waals surface area contributed by atoms with E-state index in [4.69, 9.17) is 20.9 Å². The van der Waals surface area contributed by atoms with Gasteiger partial charge in [-0.3, -0.25) is 4.79 Å². The van der Waals surface area contributed by atoms with E-state index in [0.717, 1.165) is 60.1 Å². The number of ether oxygens (including phenoxy) is 2. The minimum absolute atomic E-state index is 0.0116. The number of carbonyl (C=O) groups is 1. The smallest absolute Gasteiger partial charge is 0.257 e. The van der Waals surface area contributed by atoms with Gasteiger partial charge in [-0.25, -0.2) is 4.99 Å². The lowest BCUT2D eigenvalue weighted by atomic mass is 9.85. The molecule has 0 saturated carbocycles. The standard InChI is InChI=1S/C26H36N4O4/c1-16-17(2)24-21(18(3)23(16)32)11-13-26(4,34-24)12-5-6-14-29-22(31)15-33-20-9-7-19(8-10-20)30-25(27)28/h7-10,32H,5-6,11-15H2,1-4H3,(H,29,31)(H4,27,28,30). The van der Waals surface area contributed by atoms with Crippen LogP contribution in [0.3, 0.4) is 0 Å². The number of benzene rings is 2. The molecule has 8 nitrogen and oxygen atoms in total. The maximum atomic E-state index is 12.1. The summed E-state index contributed by atoms with van der Waals surface area (Å²) in [5.41, 5.74) is 15.0. The third-order valence-corrected chi connectivity index (χ3v) is 6.51. The van der Waals surface area contributed by atoms with E-state index in [1.807, 2.05) is 20.8 Å². The van der Waals surface area contributed by atoms with Gasteiger partial charge in [0.1, 0.15) is 22.8 Å². The Labute approximate surface area is 201 Å². The van der Waals surface area contributed by atoms with Gasteiger partial charge in [0.05, 0.1) is 5.69 Å². The lowest BCUT2D eigenvalue weighted by molar-refractivity contribution is -0.123. The molecule has 184 valence electrons. The minimum atomic E-state index is -0.245. The molecule has 1 aliphatic heterocycles. The third-order valence-electron chi connectivity index (χ3n) is 6.51. The molecular weight excluding hydrogens is 432 g/mol. The number of fused-ring (bicyclic) bond motifs is 1.